The van der Waals surface area contributed by atoms with Crippen LogP contribution in [0.5, 0.6) is 0 Å². The Hall–Kier alpha value is -2.11. The number of nitrogens with zero attached hydrogens (tertiary/aromatic N) is 1. The molecule has 1 amide bonds. The molecular weight excluding hydrogens is 234 g/mol. The number of aromatic nitrogens is 1. The highest BCUT2D eigenvalue weighted by atomic mass is 16.4. The molecule has 0 unspecified atom stereocenters. The zero-order valence-electron chi connectivity index (χ0n) is 10.4. The highest BCUT2D eigenvalue weighted by Crippen LogP contribution is 2.19. The number of anilines is 1. The topological polar surface area (TPSA) is 105 Å². The number of hydrogen-bond donors (Lipinski definition) is 3. The van der Waals surface area contributed by atoms with Crippen molar-refractivity contribution in [2.75, 3.05) is 5.32 Å². The van der Waals surface area contributed by atoms with Crippen molar-refractivity contribution in [2.45, 2.75) is 32.2 Å². The van der Waals surface area contributed by atoms with Crippen LogP contribution in [0, 0.1) is 0 Å². The summed E-state index contributed by atoms with van der Waals surface area (Å²) in [5.74, 6) is -1.43. The molecule has 4 N–H and O–H groups in total. The minimum atomic E-state index is -0.836. The highest BCUT2D eigenvalue weighted by molar-refractivity contribution is 5.91. The Kier molecular flexibility index (Phi) is 4.25. The SMILES string of the molecule is CC(C)(CCC(=O)O)Nc1ccnc(C(N)=O)c1. The Morgan fingerprint density at radius 2 is 2.17 bits per heavy atom. The third-order valence-electron chi connectivity index (χ3n) is 2.46. The second-order valence-corrected chi connectivity index (χ2v) is 4.70. The van der Waals surface area contributed by atoms with Crippen LogP contribution >= 0.6 is 0 Å². The van der Waals surface area contributed by atoms with Gasteiger partial charge in [0.05, 0.1) is 0 Å². The van der Waals surface area contributed by atoms with E-state index < -0.39 is 17.4 Å². The van der Waals surface area contributed by atoms with Crippen molar-refractivity contribution < 1.29 is 14.7 Å². The largest absolute Gasteiger partial charge is 0.481 e. The fourth-order valence-electron chi connectivity index (χ4n) is 1.52. The van der Waals surface area contributed by atoms with E-state index in [2.05, 4.69) is 10.3 Å². The molecule has 1 heterocycles. The Bertz CT molecular complexity index is 458. The summed E-state index contributed by atoms with van der Waals surface area (Å²) in [4.78, 5) is 25.4. The summed E-state index contributed by atoms with van der Waals surface area (Å²) in [6.07, 6.45) is 2.03. The Labute approximate surface area is 105 Å². The van der Waals surface area contributed by atoms with E-state index in [9.17, 15) is 9.59 Å². The minimum Gasteiger partial charge on any atom is -0.481 e. The van der Waals surface area contributed by atoms with E-state index >= 15 is 0 Å². The number of carbonyl (C=O) groups excluding carboxylic acids is 1. The second kappa shape index (κ2) is 5.48. The molecule has 18 heavy (non-hydrogen) atoms. The molecule has 0 aliphatic rings. The number of nitrogens with two attached hydrogens (primary N) is 1. The van der Waals surface area contributed by atoms with Crippen LogP contribution in [0.15, 0.2) is 18.3 Å². The lowest BCUT2D eigenvalue weighted by Crippen LogP contribution is -2.31. The number of carboxylic acid groups (broad SMARTS) is 1. The lowest BCUT2D eigenvalue weighted by Gasteiger charge is -2.27. The fraction of sp³-hybridized carbons (Fsp3) is 0.417. The van der Waals surface area contributed by atoms with Gasteiger partial charge in [-0.1, -0.05) is 0 Å². The minimum absolute atomic E-state index is 0.0771. The first-order chi connectivity index (χ1) is 8.30. The molecule has 1 aromatic rings. The number of pyridine rings is 1. The highest BCUT2D eigenvalue weighted by Gasteiger charge is 2.19. The van der Waals surface area contributed by atoms with Crippen molar-refractivity contribution in [3.05, 3.63) is 24.0 Å². The summed E-state index contributed by atoms with van der Waals surface area (Å²) < 4.78 is 0. The quantitative estimate of drug-likeness (QED) is 0.705. The first-order valence-corrected chi connectivity index (χ1v) is 5.56. The van der Waals surface area contributed by atoms with Crippen LogP contribution in [0.2, 0.25) is 0 Å². The standard InChI is InChI=1S/C12H17N3O3/c1-12(2,5-3-10(16)17)15-8-4-6-14-9(7-8)11(13)18/h4,6-7H,3,5H2,1-2H3,(H2,13,18)(H,14,15)(H,16,17). The van der Waals surface area contributed by atoms with Crippen molar-refractivity contribution in [3.63, 3.8) is 0 Å². The predicted molar refractivity (Wildman–Crippen MR) is 67.3 cm³/mol. The van der Waals surface area contributed by atoms with Crippen LogP contribution in [-0.2, 0) is 4.79 Å². The molecule has 0 aromatic carbocycles. The van der Waals surface area contributed by atoms with Crippen LogP contribution < -0.4 is 11.1 Å². The summed E-state index contributed by atoms with van der Waals surface area (Å²) in [5.41, 5.74) is 5.61. The van der Waals surface area contributed by atoms with Gasteiger partial charge in [-0.25, -0.2) is 0 Å². The van der Waals surface area contributed by atoms with E-state index in [-0.39, 0.29) is 12.1 Å². The van der Waals surface area contributed by atoms with E-state index in [1.54, 1.807) is 12.1 Å². The molecule has 98 valence electrons. The molecule has 0 aliphatic heterocycles. The van der Waals surface area contributed by atoms with Gasteiger partial charge in [-0.15, -0.1) is 0 Å². The molecule has 0 saturated heterocycles. The van der Waals surface area contributed by atoms with Crippen LogP contribution in [0.3, 0.4) is 0 Å². The van der Waals surface area contributed by atoms with Crippen molar-refractivity contribution in [2.24, 2.45) is 5.73 Å². The molecule has 0 aliphatic carbocycles. The molecular formula is C12H17N3O3. The zero-order valence-corrected chi connectivity index (χ0v) is 10.4. The summed E-state index contributed by atoms with van der Waals surface area (Å²) >= 11 is 0. The monoisotopic (exact) mass is 251 g/mol. The number of primary amides is 1. The van der Waals surface area contributed by atoms with Gasteiger partial charge in [-0.2, -0.15) is 0 Å². The Morgan fingerprint density at radius 1 is 1.50 bits per heavy atom. The number of carboxylic acids is 1. The molecule has 1 rings (SSSR count). The van der Waals surface area contributed by atoms with E-state index in [4.69, 9.17) is 10.8 Å². The summed E-state index contributed by atoms with van der Waals surface area (Å²) in [6, 6.07) is 3.25. The number of rotatable bonds is 6. The van der Waals surface area contributed by atoms with Crippen LogP contribution in [0.1, 0.15) is 37.2 Å². The van der Waals surface area contributed by atoms with Gasteiger partial charge in [-0.3, -0.25) is 14.6 Å². The average molecular weight is 251 g/mol. The lowest BCUT2D eigenvalue weighted by atomic mass is 9.98. The third-order valence-corrected chi connectivity index (χ3v) is 2.46. The number of carbonyl (C=O) groups is 2. The average Bonchev–Trinajstić information content (AvgIpc) is 2.26. The Morgan fingerprint density at radius 3 is 2.72 bits per heavy atom. The van der Waals surface area contributed by atoms with Crippen molar-refractivity contribution in [3.8, 4) is 0 Å². The summed E-state index contributed by atoms with van der Waals surface area (Å²) in [7, 11) is 0. The number of aliphatic carboxylic acids is 1. The smallest absolute Gasteiger partial charge is 0.303 e. The molecule has 0 bridgehead atoms. The number of amides is 1. The molecule has 0 radical (unpaired) electrons. The fourth-order valence-corrected chi connectivity index (χ4v) is 1.52. The first kappa shape index (κ1) is 14.0. The van der Waals surface area contributed by atoms with Gasteiger partial charge < -0.3 is 16.2 Å². The van der Waals surface area contributed by atoms with Gasteiger partial charge in [0, 0.05) is 23.8 Å². The first-order valence-electron chi connectivity index (χ1n) is 5.56. The van der Waals surface area contributed by atoms with Gasteiger partial charge in [0.25, 0.3) is 5.91 Å². The van der Waals surface area contributed by atoms with Crippen molar-refractivity contribution >= 4 is 17.6 Å². The molecule has 1 aromatic heterocycles. The maximum Gasteiger partial charge on any atom is 0.303 e. The zero-order chi connectivity index (χ0) is 13.8. The summed E-state index contributed by atoms with van der Waals surface area (Å²) in [6.45, 7) is 3.78. The van der Waals surface area contributed by atoms with E-state index in [1.807, 2.05) is 13.8 Å². The lowest BCUT2D eigenvalue weighted by molar-refractivity contribution is -0.137. The van der Waals surface area contributed by atoms with E-state index in [1.165, 1.54) is 6.20 Å². The molecule has 0 spiro atoms. The van der Waals surface area contributed by atoms with Crippen LogP contribution in [0.25, 0.3) is 0 Å². The third kappa shape index (κ3) is 4.40. The van der Waals surface area contributed by atoms with Crippen molar-refractivity contribution in [1.82, 2.24) is 4.98 Å². The van der Waals surface area contributed by atoms with Gasteiger partial charge in [0.15, 0.2) is 0 Å². The van der Waals surface area contributed by atoms with Gasteiger partial charge in [0.1, 0.15) is 5.69 Å². The summed E-state index contributed by atoms with van der Waals surface area (Å²) in [5, 5.41) is 11.8. The van der Waals surface area contributed by atoms with Gasteiger partial charge in [-0.05, 0) is 32.4 Å². The van der Waals surface area contributed by atoms with Crippen LogP contribution in [0.4, 0.5) is 5.69 Å². The van der Waals surface area contributed by atoms with E-state index in [0.29, 0.717) is 12.1 Å². The maximum atomic E-state index is 11.0. The van der Waals surface area contributed by atoms with Gasteiger partial charge >= 0.3 is 5.97 Å². The number of nitrogens with one attached hydrogen (secondary N) is 1. The van der Waals surface area contributed by atoms with Crippen molar-refractivity contribution in [1.29, 1.82) is 0 Å². The molecule has 0 atom stereocenters. The normalized spacial score (nSPS) is 11.0. The van der Waals surface area contributed by atoms with E-state index in [0.717, 1.165) is 0 Å². The molecule has 6 heteroatoms. The predicted octanol–water partition coefficient (Wildman–Crippen LogP) is 1.24. The van der Waals surface area contributed by atoms with Gasteiger partial charge in [0.2, 0.25) is 0 Å². The number of hydrogen-bond acceptors (Lipinski definition) is 4. The maximum absolute atomic E-state index is 11.0. The van der Waals surface area contributed by atoms with Crippen LogP contribution in [-0.4, -0.2) is 27.5 Å². The molecule has 0 saturated carbocycles. The molecule has 6 nitrogen and oxygen atoms in total. The second-order valence-electron chi connectivity index (χ2n) is 4.70. The molecule has 0 fully saturated rings. The Balaban J connectivity index is 2.74.